The number of nitrogens with one attached hydrogen (secondary N) is 1. The van der Waals surface area contributed by atoms with Gasteiger partial charge in [-0.2, -0.15) is 0 Å². The summed E-state index contributed by atoms with van der Waals surface area (Å²) in [6, 6.07) is 3.90. The number of fused-ring (bicyclic) bond motifs is 1. The van der Waals surface area contributed by atoms with Crippen LogP contribution in [0, 0.1) is 0 Å². The summed E-state index contributed by atoms with van der Waals surface area (Å²) < 4.78 is 12.0. The summed E-state index contributed by atoms with van der Waals surface area (Å²) in [7, 11) is 0. The zero-order valence-corrected chi connectivity index (χ0v) is 13.2. The van der Waals surface area contributed by atoms with E-state index in [4.69, 9.17) is 21.1 Å². The van der Waals surface area contributed by atoms with Crippen molar-refractivity contribution in [2.24, 2.45) is 0 Å². The number of carbonyl (C=O) groups is 1. The fourth-order valence-electron chi connectivity index (χ4n) is 2.05. The van der Waals surface area contributed by atoms with Crippen molar-refractivity contribution in [2.75, 3.05) is 13.2 Å². The number of rotatable bonds is 3. The molecular weight excluding hydrogens is 346 g/mol. The summed E-state index contributed by atoms with van der Waals surface area (Å²) >= 11 is 9.71. The molecule has 1 aromatic rings. The lowest BCUT2D eigenvalue weighted by molar-refractivity contribution is -0.121. The highest BCUT2D eigenvalue weighted by atomic mass is 79.9. The maximum atomic E-state index is 12.0. The van der Waals surface area contributed by atoms with Gasteiger partial charge in [-0.3, -0.25) is 4.79 Å². The Morgan fingerprint density at radius 3 is 2.85 bits per heavy atom. The second-order valence-electron chi connectivity index (χ2n) is 5.03. The highest BCUT2D eigenvalue weighted by Gasteiger charge is 2.28. The van der Waals surface area contributed by atoms with E-state index in [1.807, 2.05) is 6.07 Å². The first-order valence-electron chi connectivity index (χ1n) is 6.68. The Morgan fingerprint density at radius 2 is 2.10 bits per heavy atom. The molecule has 0 radical (unpaired) electrons. The fraction of sp³-hybridized carbons (Fsp3) is 0.500. The van der Waals surface area contributed by atoms with E-state index >= 15 is 0 Å². The lowest BCUT2D eigenvalue weighted by Crippen LogP contribution is -2.28. The topological polar surface area (TPSA) is 47.6 Å². The fourth-order valence-corrected chi connectivity index (χ4v) is 2.81. The van der Waals surface area contributed by atoms with E-state index < -0.39 is 5.38 Å². The molecule has 4 nitrogen and oxygen atoms in total. The van der Waals surface area contributed by atoms with E-state index in [0.717, 1.165) is 23.7 Å². The number of halogens is 2. The number of carbonyl (C=O) groups excluding carboxylic acids is 1. The predicted octanol–water partition coefficient (Wildman–Crippen LogP) is 3.17. The van der Waals surface area contributed by atoms with Crippen LogP contribution in [0.3, 0.4) is 0 Å². The van der Waals surface area contributed by atoms with Gasteiger partial charge in [-0.05, 0) is 46.5 Å². The monoisotopic (exact) mass is 359 g/mol. The SMILES string of the molecule is O=C(NC1CC1)C(Cl)c1cc(Br)c2c(c1)OCCCO2. The molecule has 2 aliphatic rings. The molecule has 1 aliphatic heterocycles. The molecule has 1 saturated carbocycles. The van der Waals surface area contributed by atoms with E-state index in [1.165, 1.54) is 0 Å². The van der Waals surface area contributed by atoms with Crippen LogP contribution in [-0.2, 0) is 4.79 Å². The number of ether oxygens (including phenoxy) is 2. The van der Waals surface area contributed by atoms with Crippen molar-refractivity contribution in [2.45, 2.75) is 30.7 Å². The molecule has 1 fully saturated rings. The number of hydrogen-bond donors (Lipinski definition) is 1. The maximum absolute atomic E-state index is 12.0. The minimum absolute atomic E-state index is 0.157. The van der Waals surface area contributed by atoms with Crippen LogP contribution in [0.15, 0.2) is 16.6 Å². The number of amides is 1. The van der Waals surface area contributed by atoms with E-state index in [9.17, 15) is 4.79 Å². The molecule has 0 saturated heterocycles. The smallest absolute Gasteiger partial charge is 0.242 e. The van der Waals surface area contributed by atoms with E-state index in [2.05, 4.69) is 21.2 Å². The average Bonchev–Trinajstić information content (AvgIpc) is 3.24. The predicted molar refractivity (Wildman–Crippen MR) is 79.5 cm³/mol. The van der Waals surface area contributed by atoms with E-state index in [1.54, 1.807) is 6.07 Å². The molecule has 0 aromatic heterocycles. The molecule has 1 aliphatic carbocycles. The maximum Gasteiger partial charge on any atom is 0.242 e. The Kier molecular flexibility index (Phi) is 4.08. The van der Waals surface area contributed by atoms with Crippen molar-refractivity contribution in [3.63, 3.8) is 0 Å². The highest BCUT2D eigenvalue weighted by Crippen LogP contribution is 2.40. The second kappa shape index (κ2) is 5.82. The highest BCUT2D eigenvalue weighted by molar-refractivity contribution is 9.10. The van der Waals surface area contributed by atoms with Crippen LogP contribution >= 0.6 is 27.5 Å². The Balaban J connectivity index is 1.83. The summed E-state index contributed by atoms with van der Waals surface area (Å²) in [5.41, 5.74) is 0.709. The van der Waals surface area contributed by atoms with Crippen molar-refractivity contribution in [3.8, 4) is 11.5 Å². The summed E-state index contributed by atoms with van der Waals surface area (Å²) in [4.78, 5) is 12.0. The van der Waals surface area contributed by atoms with E-state index in [0.29, 0.717) is 36.3 Å². The van der Waals surface area contributed by atoms with Crippen LogP contribution < -0.4 is 14.8 Å². The van der Waals surface area contributed by atoms with Crippen molar-refractivity contribution in [1.29, 1.82) is 0 Å². The van der Waals surface area contributed by atoms with Crippen molar-refractivity contribution >= 4 is 33.4 Å². The molecule has 3 rings (SSSR count). The Labute approximate surface area is 130 Å². The summed E-state index contributed by atoms with van der Waals surface area (Å²) in [5.74, 6) is 1.16. The molecule has 1 heterocycles. The summed E-state index contributed by atoms with van der Waals surface area (Å²) in [6.45, 7) is 1.22. The third-order valence-electron chi connectivity index (χ3n) is 3.27. The zero-order valence-electron chi connectivity index (χ0n) is 10.8. The van der Waals surface area contributed by atoms with Gasteiger partial charge in [0, 0.05) is 12.5 Å². The Hall–Kier alpha value is -0.940. The first-order chi connectivity index (χ1) is 9.65. The zero-order chi connectivity index (χ0) is 14.1. The molecule has 1 N–H and O–H groups in total. The first-order valence-corrected chi connectivity index (χ1v) is 7.91. The van der Waals surface area contributed by atoms with Crippen LogP contribution in [0.25, 0.3) is 0 Å². The van der Waals surface area contributed by atoms with Gasteiger partial charge in [-0.1, -0.05) is 0 Å². The second-order valence-corrected chi connectivity index (χ2v) is 6.32. The van der Waals surface area contributed by atoms with Gasteiger partial charge in [0.05, 0.1) is 17.7 Å². The molecule has 1 unspecified atom stereocenters. The molecular formula is C14H15BrClNO3. The summed E-state index contributed by atoms with van der Waals surface area (Å²) in [6.07, 6.45) is 2.92. The third-order valence-corrected chi connectivity index (χ3v) is 4.31. The lowest BCUT2D eigenvalue weighted by Gasteiger charge is -2.15. The molecule has 1 atom stereocenters. The van der Waals surface area contributed by atoms with Crippen molar-refractivity contribution in [1.82, 2.24) is 5.32 Å². The standard InChI is InChI=1S/C14H15BrClNO3/c15-10-6-8(12(16)14(18)17-9-2-3-9)7-11-13(10)20-5-1-4-19-11/h6-7,9,12H,1-5H2,(H,17,18). The minimum Gasteiger partial charge on any atom is -0.490 e. The van der Waals surface area contributed by atoms with Crippen molar-refractivity contribution in [3.05, 3.63) is 22.2 Å². The van der Waals surface area contributed by atoms with Crippen molar-refractivity contribution < 1.29 is 14.3 Å². The van der Waals surface area contributed by atoms with E-state index in [-0.39, 0.29) is 5.91 Å². The number of benzene rings is 1. The van der Waals surface area contributed by atoms with Crippen LogP contribution in [0.1, 0.15) is 30.2 Å². The quantitative estimate of drug-likeness (QED) is 0.842. The largest absolute Gasteiger partial charge is 0.490 e. The third kappa shape index (κ3) is 3.04. The molecule has 6 heteroatoms. The number of alkyl halides is 1. The van der Waals surface area contributed by atoms with Crippen LogP contribution in [0.2, 0.25) is 0 Å². The van der Waals surface area contributed by atoms with Crippen LogP contribution in [-0.4, -0.2) is 25.2 Å². The first kappa shape index (κ1) is 14.0. The van der Waals surface area contributed by atoms with Gasteiger partial charge in [0.15, 0.2) is 11.5 Å². The van der Waals surface area contributed by atoms with Gasteiger partial charge < -0.3 is 14.8 Å². The average molecular weight is 361 g/mol. The lowest BCUT2D eigenvalue weighted by atomic mass is 10.1. The van der Waals surface area contributed by atoms with Gasteiger partial charge >= 0.3 is 0 Å². The summed E-state index contributed by atoms with van der Waals surface area (Å²) in [5, 5.41) is 2.19. The Bertz CT molecular complexity index is 533. The van der Waals surface area contributed by atoms with Gasteiger partial charge in [-0.15, -0.1) is 11.6 Å². The molecule has 1 aromatic carbocycles. The minimum atomic E-state index is -0.718. The molecule has 0 spiro atoms. The van der Waals surface area contributed by atoms with Gasteiger partial charge in [-0.25, -0.2) is 0 Å². The van der Waals surface area contributed by atoms with Gasteiger partial charge in [0.25, 0.3) is 0 Å². The van der Waals surface area contributed by atoms with Crippen LogP contribution in [0.4, 0.5) is 0 Å². The molecule has 108 valence electrons. The van der Waals surface area contributed by atoms with Crippen LogP contribution in [0.5, 0.6) is 11.5 Å². The molecule has 20 heavy (non-hydrogen) atoms. The normalized spacial score (nSPS) is 19.1. The number of hydrogen-bond acceptors (Lipinski definition) is 3. The molecule has 0 bridgehead atoms. The molecule has 1 amide bonds. The Morgan fingerprint density at radius 1 is 1.35 bits per heavy atom. The van der Waals surface area contributed by atoms with Gasteiger partial charge in [0.1, 0.15) is 5.38 Å². The van der Waals surface area contributed by atoms with Gasteiger partial charge in [0.2, 0.25) is 5.91 Å².